The Morgan fingerprint density at radius 3 is 2.90 bits per heavy atom. The molecule has 1 heterocycles. The Morgan fingerprint density at radius 2 is 2.29 bits per heavy atom. The molecule has 0 aliphatic carbocycles. The van der Waals surface area contributed by atoms with Crippen LogP contribution in [0.4, 0.5) is 13.6 Å². The zero-order valence-electron chi connectivity index (χ0n) is 12.0. The monoisotopic (exact) mass is 298 g/mol. The molecule has 4 nitrogen and oxygen atoms in total. The summed E-state index contributed by atoms with van der Waals surface area (Å²) in [5.41, 5.74) is 0.375. The molecule has 116 valence electrons. The fourth-order valence-electron chi connectivity index (χ4n) is 2.51. The van der Waals surface area contributed by atoms with Crippen molar-refractivity contribution in [2.45, 2.75) is 25.9 Å². The van der Waals surface area contributed by atoms with Gasteiger partial charge in [0.2, 0.25) is 0 Å². The number of halogens is 2. The second-order valence-electron chi connectivity index (χ2n) is 5.45. The van der Waals surface area contributed by atoms with Crippen molar-refractivity contribution in [3.05, 3.63) is 35.4 Å². The summed E-state index contributed by atoms with van der Waals surface area (Å²) in [4.78, 5) is 13.6. The van der Waals surface area contributed by atoms with E-state index in [1.165, 1.54) is 12.1 Å². The molecule has 0 aromatic heterocycles. The van der Waals surface area contributed by atoms with Crippen LogP contribution < -0.4 is 5.32 Å². The van der Waals surface area contributed by atoms with E-state index in [1.54, 1.807) is 11.8 Å². The van der Waals surface area contributed by atoms with Gasteiger partial charge in [-0.3, -0.25) is 0 Å². The molecule has 0 unspecified atom stereocenters. The molecule has 1 aromatic rings. The average molecular weight is 298 g/mol. The quantitative estimate of drug-likeness (QED) is 0.892. The summed E-state index contributed by atoms with van der Waals surface area (Å²) in [5, 5.41) is 12.2. The van der Waals surface area contributed by atoms with Crippen molar-refractivity contribution in [2.75, 3.05) is 19.6 Å². The lowest BCUT2D eigenvalue weighted by molar-refractivity contribution is 0.129. The van der Waals surface area contributed by atoms with E-state index in [-0.39, 0.29) is 18.5 Å². The number of likely N-dealkylation sites (tertiary alicyclic amines) is 1. The first-order valence-corrected chi connectivity index (χ1v) is 7.12. The third-order valence-corrected chi connectivity index (χ3v) is 3.88. The van der Waals surface area contributed by atoms with Gasteiger partial charge in [-0.05, 0) is 31.4 Å². The van der Waals surface area contributed by atoms with E-state index in [0.29, 0.717) is 25.1 Å². The van der Waals surface area contributed by atoms with E-state index in [2.05, 4.69) is 5.32 Å². The second-order valence-corrected chi connectivity index (χ2v) is 5.45. The molecule has 2 atom stereocenters. The number of nitrogens with one attached hydrogen (secondary N) is 1. The SMILES string of the molecule is C[C@@H](O)[C@@H]1CCN(C(=O)NCCc2ccc(F)cc2F)C1. The van der Waals surface area contributed by atoms with Crippen molar-refractivity contribution >= 4 is 6.03 Å². The van der Waals surface area contributed by atoms with Crippen LogP contribution in [0.15, 0.2) is 18.2 Å². The topological polar surface area (TPSA) is 52.6 Å². The summed E-state index contributed by atoms with van der Waals surface area (Å²) in [7, 11) is 0. The van der Waals surface area contributed by atoms with Crippen LogP contribution in [0.3, 0.4) is 0 Å². The number of urea groups is 1. The molecule has 0 radical (unpaired) electrons. The molecule has 0 saturated carbocycles. The number of carbonyl (C=O) groups excluding carboxylic acids is 1. The lowest BCUT2D eigenvalue weighted by atomic mass is 10.0. The smallest absolute Gasteiger partial charge is 0.317 e. The zero-order chi connectivity index (χ0) is 15.4. The van der Waals surface area contributed by atoms with Crippen LogP contribution in [0, 0.1) is 17.6 Å². The number of carbonyl (C=O) groups is 1. The molecule has 1 saturated heterocycles. The molecule has 1 aromatic carbocycles. The molecule has 2 amide bonds. The standard InChI is InChI=1S/C15H20F2N2O2/c1-10(20)12-5-7-19(9-12)15(21)18-6-4-11-2-3-13(16)8-14(11)17/h2-3,8,10,12,20H,4-7,9H2,1H3,(H,18,21)/t10-,12-/m1/s1. The van der Waals surface area contributed by atoms with Gasteiger partial charge in [0, 0.05) is 31.6 Å². The Balaban J connectivity index is 1.77. The van der Waals surface area contributed by atoms with Crippen molar-refractivity contribution < 1.29 is 18.7 Å². The average Bonchev–Trinajstić information content (AvgIpc) is 2.91. The van der Waals surface area contributed by atoms with Gasteiger partial charge < -0.3 is 15.3 Å². The van der Waals surface area contributed by atoms with Crippen molar-refractivity contribution in [3.8, 4) is 0 Å². The third kappa shape index (κ3) is 4.14. The molecular formula is C15H20F2N2O2. The van der Waals surface area contributed by atoms with E-state index < -0.39 is 17.7 Å². The van der Waals surface area contributed by atoms with Gasteiger partial charge in [-0.15, -0.1) is 0 Å². The summed E-state index contributed by atoms with van der Waals surface area (Å²) in [6.45, 7) is 3.17. The van der Waals surface area contributed by atoms with Crippen molar-refractivity contribution in [1.82, 2.24) is 10.2 Å². The van der Waals surface area contributed by atoms with Gasteiger partial charge in [0.1, 0.15) is 11.6 Å². The van der Waals surface area contributed by atoms with Gasteiger partial charge in [-0.1, -0.05) is 6.07 Å². The minimum atomic E-state index is -0.610. The molecule has 2 rings (SSSR count). The summed E-state index contributed by atoms with van der Waals surface area (Å²) < 4.78 is 26.2. The Bertz CT molecular complexity index is 508. The van der Waals surface area contributed by atoms with Crippen molar-refractivity contribution in [1.29, 1.82) is 0 Å². The third-order valence-electron chi connectivity index (χ3n) is 3.88. The number of rotatable bonds is 4. The highest BCUT2D eigenvalue weighted by molar-refractivity contribution is 5.74. The number of aliphatic hydroxyl groups excluding tert-OH is 1. The minimum absolute atomic E-state index is 0.116. The summed E-state index contributed by atoms with van der Waals surface area (Å²) in [5.74, 6) is -1.09. The molecule has 0 spiro atoms. The van der Waals surface area contributed by atoms with E-state index >= 15 is 0 Å². The molecule has 21 heavy (non-hydrogen) atoms. The normalized spacial score (nSPS) is 19.6. The van der Waals surface area contributed by atoms with Crippen LogP contribution in [0.1, 0.15) is 18.9 Å². The van der Waals surface area contributed by atoms with E-state index in [9.17, 15) is 18.7 Å². The van der Waals surface area contributed by atoms with Gasteiger partial charge in [0.25, 0.3) is 0 Å². The lowest BCUT2D eigenvalue weighted by Crippen LogP contribution is -2.40. The predicted molar refractivity (Wildman–Crippen MR) is 74.8 cm³/mol. The molecule has 6 heteroatoms. The maximum absolute atomic E-state index is 13.4. The largest absolute Gasteiger partial charge is 0.393 e. The van der Waals surface area contributed by atoms with Crippen molar-refractivity contribution in [2.24, 2.45) is 5.92 Å². The Labute approximate surface area is 122 Å². The highest BCUT2D eigenvalue weighted by Gasteiger charge is 2.28. The molecule has 1 aliphatic heterocycles. The van der Waals surface area contributed by atoms with Crippen LogP contribution in [0.2, 0.25) is 0 Å². The highest BCUT2D eigenvalue weighted by atomic mass is 19.1. The Kier molecular flexibility index (Phi) is 5.12. The number of nitrogens with zero attached hydrogens (tertiary/aromatic N) is 1. The molecular weight excluding hydrogens is 278 g/mol. The maximum atomic E-state index is 13.4. The lowest BCUT2D eigenvalue weighted by Gasteiger charge is -2.18. The first-order chi connectivity index (χ1) is 9.97. The summed E-state index contributed by atoms with van der Waals surface area (Å²) in [6.07, 6.45) is 0.680. The number of hydrogen-bond donors (Lipinski definition) is 2. The van der Waals surface area contributed by atoms with Crippen molar-refractivity contribution in [3.63, 3.8) is 0 Å². The van der Waals surface area contributed by atoms with E-state index in [1.807, 2.05) is 0 Å². The number of hydrogen-bond acceptors (Lipinski definition) is 2. The van der Waals surface area contributed by atoms with Crippen LogP contribution in [-0.2, 0) is 6.42 Å². The van der Waals surface area contributed by atoms with E-state index in [4.69, 9.17) is 0 Å². The summed E-state index contributed by atoms with van der Waals surface area (Å²) >= 11 is 0. The second kappa shape index (κ2) is 6.85. The van der Waals surface area contributed by atoms with Crippen LogP contribution >= 0.6 is 0 Å². The number of aliphatic hydroxyl groups is 1. The Hall–Kier alpha value is -1.69. The van der Waals surface area contributed by atoms with Gasteiger partial charge in [-0.2, -0.15) is 0 Å². The van der Waals surface area contributed by atoms with Gasteiger partial charge >= 0.3 is 6.03 Å². The van der Waals surface area contributed by atoms with Gasteiger partial charge in [0.05, 0.1) is 6.10 Å². The van der Waals surface area contributed by atoms with Crippen LogP contribution in [0.5, 0.6) is 0 Å². The van der Waals surface area contributed by atoms with Crippen LogP contribution in [0.25, 0.3) is 0 Å². The molecule has 0 bridgehead atoms. The molecule has 1 aliphatic rings. The van der Waals surface area contributed by atoms with Gasteiger partial charge in [0.15, 0.2) is 0 Å². The molecule has 1 fully saturated rings. The number of amides is 2. The Morgan fingerprint density at radius 1 is 1.52 bits per heavy atom. The fraction of sp³-hybridized carbons (Fsp3) is 0.533. The van der Waals surface area contributed by atoms with Gasteiger partial charge in [-0.25, -0.2) is 13.6 Å². The first-order valence-electron chi connectivity index (χ1n) is 7.12. The fourth-order valence-corrected chi connectivity index (χ4v) is 2.51. The first kappa shape index (κ1) is 15.7. The van der Waals surface area contributed by atoms with E-state index in [0.717, 1.165) is 12.5 Å². The highest BCUT2D eigenvalue weighted by Crippen LogP contribution is 2.19. The number of benzene rings is 1. The minimum Gasteiger partial charge on any atom is -0.393 e. The predicted octanol–water partition coefficient (Wildman–Crippen LogP) is 1.92. The zero-order valence-corrected chi connectivity index (χ0v) is 12.0. The molecule has 2 N–H and O–H groups in total. The van der Waals surface area contributed by atoms with Crippen LogP contribution in [-0.4, -0.2) is 41.8 Å². The summed E-state index contributed by atoms with van der Waals surface area (Å²) in [6, 6.07) is 3.22. The maximum Gasteiger partial charge on any atom is 0.317 e.